The lowest BCUT2D eigenvalue weighted by molar-refractivity contribution is -0.121. The Morgan fingerprint density at radius 2 is 2.00 bits per heavy atom. The molecule has 20 heavy (non-hydrogen) atoms. The van der Waals surface area contributed by atoms with Crippen molar-refractivity contribution in [1.29, 1.82) is 0 Å². The maximum Gasteiger partial charge on any atom is 0.220 e. The molecule has 3 rings (SSSR count). The maximum absolute atomic E-state index is 11.9. The van der Waals surface area contributed by atoms with Crippen LogP contribution in [0, 0.1) is 17.8 Å². The Kier molecular flexibility index (Phi) is 3.95. The first kappa shape index (κ1) is 13.5. The summed E-state index contributed by atoms with van der Waals surface area (Å²) in [5, 5.41) is 3.13. The van der Waals surface area contributed by atoms with Crippen LogP contribution in [0.2, 0.25) is 0 Å². The summed E-state index contributed by atoms with van der Waals surface area (Å²) in [7, 11) is 0. The number of rotatable bonds is 5. The lowest BCUT2D eigenvalue weighted by atomic mass is 9.89. The van der Waals surface area contributed by atoms with Gasteiger partial charge in [0.15, 0.2) is 0 Å². The molecule has 1 aromatic carbocycles. The third kappa shape index (κ3) is 3.14. The highest BCUT2D eigenvalue weighted by atomic mass is 16.1. The Hall–Kier alpha value is -1.51. The minimum atomic E-state index is 0.185. The first-order valence-corrected chi connectivity index (χ1v) is 7.82. The Morgan fingerprint density at radius 1 is 1.20 bits per heavy atom. The number of hydrogen-bond acceptors (Lipinski definition) is 2. The van der Waals surface area contributed by atoms with Crippen LogP contribution in [0.5, 0.6) is 0 Å². The van der Waals surface area contributed by atoms with E-state index in [2.05, 4.69) is 5.32 Å². The van der Waals surface area contributed by atoms with Gasteiger partial charge < -0.3 is 11.1 Å². The molecule has 0 saturated heterocycles. The van der Waals surface area contributed by atoms with Crippen LogP contribution in [0.3, 0.4) is 0 Å². The fourth-order valence-electron chi connectivity index (χ4n) is 3.90. The first-order valence-electron chi connectivity index (χ1n) is 7.82. The highest BCUT2D eigenvalue weighted by Gasteiger charge is 2.39. The van der Waals surface area contributed by atoms with E-state index in [1.807, 2.05) is 24.3 Å². The van der Waals surface area contributed by atoms with Crippen LogP contribution in [-0.4, -0.2) is 12.5 Å². The van der Waals surface area contributed by atoms with Crippen molar-refractivity contribution in [3.8, 4) is 0 Å². The fourth-order valence-corrected chi connectivity index (χ4v) is 3.90. The van der Waals surface area contributed by atoms with Crippen molar-refractivity contribution in [3.05, 3.63) is 29.8 Å². The predicted molar refractivity (Wildman–Crippen MR) is 81.1 cm³/mol. The number of carbonyl (C=O) groups excluding carboxylic acids is 1. The van der Waals surface area contributed by atoms with E-state index in [0.717, 1.165) is 36.4 Å². The molecule has 0 spiro atoms. The molecule has 3 heteroatoms. The second kappa shape index (κ2) is 5.86. The molecule has 108 valence electrons. The van der Waals surface area contributed by atoms with Crippen LogP contribution in [0.4, 0.5) is 5.69 Å². The van der Waals surface area contributed by atoms with E-state index in [-0.39, 0.29) is 5.91 Å². The van der Waals surface area contributed by atoms with E-state index in [1.165, 1.54) is 31.2 Å². The average molecular weight is 272 g/mol. The van der Waals surface area contributed by atoms with E-state index in [4.69, 9.17) is 5.73 Å². The minimum absolute atomic E-state index is 0.185. The van der Waals surface area contributed by atoms with Gasteiger partial charge in [-0.05, 0) is 61.1 Å². The van der Waals surface area contributed by atoms with Gasteiger partial charge in [0, 0.05) is 18.7 Å². The van der Waals surface area contributed by atoms with Crippen LogP contribution in [0.25, 0.3) is 0 Å². The smallest absolute Gasteiger partial charge is 0.220 e. The molecule has 3 N–H and O–H groups in total. The molecule has 0 radical (unpaired) electrons. The van der Waals surface area contributed by atoms with E-state index in [9.17, 15) is 4.79 Å². The molecule has 0 heterocycles. The quantitative estimate of drug-likeness (QED) is 0.810. The number of fused-ring (bicyclic) bond motifs is 2. The number of nitrogens with two attached hydrogens (primary N) is 1. The number of carbonyl (C=O) groups is 1. The van der Waals surface area contributed by atoms with Crippen LogP contribution in [0.1, 0.15) is 37.7 Å². The Labute approximate surface area is 120 Å². The van der Waals surface area contributed by atoms with Crippen LogP contribution >= 0.6 is 0 Å². The summed E-state index contributed by atoms with van der Waals surface area (Å²) < 4.78 is 0. The fraction of sp³-hybridized carbons (Fsp3) is 0.588. The van der Waals surface area contributed by atoms with Gasteiger partial charge in [-0.25, -0.2) is 0 Å². The van der Waals surface area contributed by atoms with E-state index < -0.39 is 0 Å². The van der Waals surface area contributed by atoms with Crippen LogP contribution < -0.4 is 11.1 Å². The van der Waals surface area contributed by atoms with Crippen molar-refractivity contribution in [3.63, 3.8) is 0 Å². The number of hydrogen-bond donors (Lipinski definition) is 2. The third-order valence-corrected chi connectivity index (χ3v) is 5.07. The predicted octanol–water partition coefficient (Wildman–Crippen LogP) is 2.75. The second-order valence-electron chi connectivity index (χ2n) is 6.48. The normalized spacial score (nSPS) is 27.7. The van der Waals surface area contributed by atoms with Gasteiger partial charge in [0.25, 0.3) is 0 Å². The molecule has 0 aromatic heterocycles. The Morgan fingerprint density at radius 3 is 2.65 bits per heavy atom. The topological polar surface area (TPSA) is 55.1 Å². The van der Waals surface area contributed by atoms with Gasteiger partial charge in [0.1, 0.15) is 0 Å². The SMILES string of the molecule is Nc1ccc(CCC(=O)NCC2CC3CCC2C3)cc1. The molecule has 2 saturated carbocycles. The molecule has 3 unspecified atom stereocenters. The van der Waals surface area contributed by atoms with Crippen molar-refractivity contribution in [2.75, 3.05) is 12.3 Å². The van der Waals surface area contributed by atoms with Gasteiger partial charge in [0.2, 0.25) is 5.91 Å². The van der Waals surface area contributed by atoms with Gasteiger partial charge >= 0.3 is 0 Å². The molecule has 2 bridgehead atoms. The van der Waals surface area contributed by atoms with Gasteiger partial charge in [-0.15, -0.1) is 0 Å². The minimum Gasteiger partial charge on any atom is -0.399 e. The molecule has 2 fully saturated rings. The highest BCUT2D eigenvalue weighted by molar-refractivity contribution is 5.76. The van der Waals surface area contributed by atoms with Gasteiger partial charge in [-0.1, -0.05) is 18.6 Å². The van der Waals surface area contributed by atoms with Gasteiger partial charge in [-0.2, -0.15) is 0 Å². The zero-order valence-electron chi connectivity index (χ0n) is 12.0. The first-order chi connectivity index (χ1) is 9.70. The molecule has 3 nitrogen and oxygen atoms in total. The lowest BCUT2D eigenvalue weighted by Crippen LogP contribution is -2.31. The monoisotopic (exact) mass is 272 g/mol. The largest absolute Gasteiger partial charge is 0.399 e. The molecule has 1 amide bonds. The van der Waals surface area contributed by atoms with Crippen molar-refractivity contribution in [2.24, 2.45) is 17.8 Å². The lowest BCUT2D eigenvalue weighted by Gasteiger charge is -2.21. The van der Waals surface area contributed by atoms with Crippen molar-refractivity contribution < 1.29 is 4.79 Å². The van der Waals surface area contributed by atoms with Gasteiger partial charge in [0.05, 0.1) is 0 Å². The van der Waals surface area contributed by atoms with E-state index >= 15 is 0 Å². The number of amides is 1. The van der Waals surface area contributed by atoms with Crippen LogP contribution in [0.15, 0.2) is 24.3 Å². The number of aryl methyl sites for hydroxylation is 1. The van der Waals surface area contributed by atoms with E-state index in [0.29, 0.717) is 6.42 Å². The summed E-state index contributed by atoms with van der Waals surface area (Å²) in [5.41, 5.74) is 7.60. The van der Waals surface area contributed by atoms with Crippen molar-refractivity contribution in [2.45, 2.75) is 38.5 Å². The summed E-state index contributed by atoms with van der Waals surface area (Å²) in [6.45, 7) is 0.891. The molecular weight excluding hydrogens is 248 g/mol. The van der Waals surface area contributed by atoms with Gasteiger partial charge in [-0.3, -0.25) is 4.79 Å². The number of benzene rings is 1. The summed E-state index contributed by atoms with van der Waals surface area (Å²) in [4.78, 5) is 11.9. The molecule has 2 aliphatic carbocycles. The Balaban J connectivity index is 1.38. The summed E-state index contributed by atoms with van der Waals surface area (Å²) in [6, 6.07) is 7.78. The van der Waals surface area contributed by atoms with E-state index in [1.54, 1.807) is 0 Å². The number of anilines is 1. The third-order valence-electron chi connectivity index (χ3n) is 5.07. The average Bonchev–Trinajstić information content (AvgIpc) is 3.07. The molecule has 1 aromatic rings. The van der Waals surface area contributed by atoms with Crippen LogP contribution in [-0.2, 0) is 11.2 Å². The summed E-state index contributed by atoms with van der Waals surface area (Å²) in [6.07, 6.45) is 6.92. The number of nitrogen functional groups attached to an aromatic ring is 1. The Bertz CT molecular complexity index is 468. The standard InChI is InChI=1S/C17H24N2O/c18-16-6-2-12(3-7-16)4-8-17(20)19-11-15-10-13-1-5-14(15)9-13/h2-3,6-7,13-15H,1,4-5,8-11,18H2,(H,19,20). The van der Waals surface area contributed by atoms with Crippen molar-refractivity contribution in [1.82, 2.24) is 5.32 Å². The summed E-state index contributed by atoms with van der Waals surface area (Å²) >= 11 is 0. The zero-order chi connectivity index (χ0) is 13.9. The molecule has 2 aliphatic rings. The molecule has 0 aliphatic heterocycles. The summed E-state index contributed by atoms with van der Waals surface area (Å²) in [5.74, 6) is 2.77. The highest BCUT2D eigenvalue weighted by Crippen LogP contribution is 2.47. The molecule has 3 atom stereocenters. The van der Waals surface area contributed by atoms with Crippen molar-refractivity contribution >= 4 is 11.6 Å². The second-order valence-corrected chi connectivity index (χ2v) is 6.48. The maximum atomic E-state index is 11.9. The number of nitrogens with one attached hydrogen (secondary N) is 1. The molecular formula is C17H24N2O. The zero-order valence-corrected chi connectivity index (χ0v) is 12.0.